The number of likely N-dealkylation sites (tertiary alicyclic amines) is 1. The highest BCUT2D eigenvalue weighted by Crippen LogP contribution is 2.18. The minimum absolute atomic E-state index is 0.186. The Labute approximate surface area is 128 Å². The first-order valence-electron chi connectivity index (χ1n) is 8.19. The monoisotopic (exact) mass is 298 g/mol. The summed E-state index contributed by atoms with van der Waals surface area (Å²) in [6, 6.07) is 0.888. The molecule has 2 fully saturated rings. The van der Waals surface area contributed by atoms with Crippen molar-refractivity contribution in [3.8, 4) is 0 Å². The molecule has 0 aromatic rings. The Morgan fingerprint density at radius 2 is 2.05 bits per heavy atom. The maximum absolute atomic E-state index is 12.2. The average molecular weight is 298 g/mol. The molecule has 0 aromatic heterocycles. The van der Waals surface area contributed by atoms with Gasteiger partial charge in [0.15, 0.2) is 0 Å². The van der Waals surface area contributed by atoms with Crippen molar-refractivity contribution in [1.29, 1.82) is 0 Å². The minimum atomic E-state index is -0.423. The Hall–Kier alpha value is -0.810. The summed E-state index contributed by atoms with van der Waals surface area (Å²) in [5.74, 6) is 0. The molecule has 0 aromatic carbocycles. The smallest absolute Gasteiger partial charge is 0.410 e. The molecule has 2 aliphatic rings. The summed E-state index contributed by atoms with van der Waals surface area (Å²) < 4.78 is 11.1. The topological polar surface area (TPSA) is 50.8 Å². The highest BCUT2D eigenvalue weighted by molar-refractivity contribution is 5.68. The second kappa shape index (κ2) is 6.97. The van der Waals surface area contributed by atoms with Crippen molar-refractivity contribution in [2.24, 2.45) is 0 Å². The number of nitrogens with one attached hydrogen (secondary N) is 1. The molecule has 5 nitrogen and oxygen atoms in total. The Kier molecular flexibility index (Phi) is 5.49. The zero-order valence-corrected chi connectivity index (χ0v) is 13.9. The van der Waals surface area contributed by atoms with E-state index in [0.717, 1.165) is 45.4 Å². The van der Waals surface area contributed by atoms with Crippen LogP contribution in [0, 0.1) is 0 Å². The number of hydrogen-bond donors (Lipinski definition) is 1. The van der Waals surface area contributed by atoms with Crippen LogP contribution in [0.15, 0.2) is 0 Å². The number of nitrogens with zero attached hydrogens (tertiary/aromatic N) is 1. The first-order chi connectivity index (χ1) is 9.83. The van der Waals surface area contributed by atoms with Crippen LogP contribution in [0.2, 0.25) is 0 Å². The molecule has 2 rings (SSSR count). The Bertz CT molecular complexity index is 354. The van der Waals surface area contributed by atoms with E-state index in [1.165, 1.54) is 0 Å². The molecular weight excluding hydrogens is 268 g/mol. The number of carbonyl (C=O) groups is 1. The van der Waals surface area contributed by atoms with Gasteiger partial charge in [0.2, 0.25) is 0 Å². The van der Waals surface area contributed by atoms with Crippen molar-refractivity contribution in [2.45, 2.75) is 77.2 Å². The number of ether oxygens (including phenoxy) is 2. The van der Waals surface area contributed by atoms with Crippen molar-refractivity contribution in [2.75, 3.05) is 19.7 Å². The van der Waals surface area contributed by atoms with E-state index in [-0.39, 0.29) is 6.09 Å². The van der Waals surface area contributed by atoms with Gasteiger partial charge >= 0.3 is 6.09 Å². The summed E-state index contributed by atoms with van der Waals surface area (Å²) in [4.78, 5) is 14.0. The summed E-state index contributed by atoms with van der Waals surface area (Å²) in [6.07, 6.45) is 4.44. The largest absolute Gasteiger partial charge is 0.444 e. The molecule has 2 aliphatic heterocycles. The Balaban J connectivity index is 1.81. The van der Waals surface area contributed by atoms with Crippen LogP contribution in [0.5, 0.6) is 0 Å². The van der Waals surface area contributed by atoms with E-state index >= 15 is 0 Å². The quantitative estimate of drug-likeness (QED) is 0.851. The maximum atomic E-state index is 12.2. The fourth-order valence-electron chi connectivity index (χ4n) is 3.09. The lowest BCUT2D eigenvalue weighted by molar-refractivity contribution is 0.00380. The van der Waals surface area contributed by atoms with Crippen LogP contribution < -0.4 is 5.32 Å². The van der Waals surface area contributed by atoms with Gasteiger partial charge in [0.25, 0.3) is 0 Å². The van der Waals surface area contributed by atoms with E-state index in [1.54, 1.807) is 0 Å². The maximum Gasteiger partial charge on any atom is 0.410 e. The van der Waals surface area contributed by atoms with Crippen molar-refractivity contribution >= 4 is 6.09 Å². The first-order valence-corrected chi connectivity index (χ1v) is 8.19. The van der Waals surface area contributed by atoms with Crippen LogP contribution in [0.4, 0.5) is 4.79 Å². The number of carbonyl (C=O) groups excluding carboxylic acids is 1. The van der Waals surface area contributed by atoms with Gasteiger partial charge in [0.05, 0.1) is 6.10 Å². The second-order valence-electron chi connectivity index (χ2n) is 7.33. The van der Waals surface area contributed by atoms with Gasteiger partial charge in [-0.1, -0.05) is 0 Å². The third-order valence-corrected chi connectivity index (χ3v) is 4.03. The third kappa shape index (κ3) is 5.47. The van der Waals surface area contributed by atoms with Crippen LogP contribution in [0.25, 0.3) is 0 Å². The molecule has 1 N–H and O–H groups in total. The van der Waals surface area contributed by atoms with Gasteiger partial charge in [0.1, 0.15) is 5.60 Å². The van der Waals surface area contributed by atoms with Gasteiger partial charge in [0, 0.05) is 31.8 Å². The van der Waals surface area contributed by atoms with Crippen molar-refractivity contribution in [1.82, 2.24) is 10.2 Å². The van der Waals surface area contributed by atoms with Gasteiger partial charge in [-0.3, -0.25) is 0 Å². The lowest BCUT2D eigenvalue weighted by Crippen LogP contribution is -2.53. The molecule has 0 bridgehead atoms. The summed E-state index contributed by atoms with van der Waals surface area (Å²) in [6.45, 7) is 10.2. The van der Waals surface area contributed by atoms with E-state index in [2.05, 4.69) is 12.2 Å². The standard InChI is InChI=1S/C16H30N2O3/c1-12-10-13(7-9-20-12)17-14-6-5-8-18(11-14)15(19)21-16(2,3)4/h12-14,17H,5-11H2,1-4H3. The molecule has 3 atom stereocenters. The summed E-state index contributed by atoms with van der Waals surface area (Å²) in [5, 5.41) is 3.71. The van der Waals surface area contributed by atoms with Crippen LogP contribution in [-0.2, 0) is 9.47 Å². The van der Waals surface area contributed by atoms with E-state index in [0.29, 0.717) is 18.2 Å². The molecule has 2 heterocycles. The van der Waals surface area contributed by atoms with E-state index in [4.69, 9.17) is 9.47 Å². The molecule has 0 radical (unpaired) electrons. The van der Waals surface area contributed by atoms with Gasteiger partial charge in [-0.05, 0) is 53.4 Å². The van der Waals surface area contributed by atoms with Gasteiger partial charge in [-0.15, -0.1) is 0 Å². The SMILES string of the molecule is CC1CC(NC2CCCN(C(=O)OC(C)(C)C)C2)CCO1. The molecule has 0 spiro atoms. The normalized spacial score (nSPS) is 31.0. The van der Waals surface area contributed by atoms with Crippen molar-refractivity contribution in [3.05, 3.63) is 0 Å². The average Bonchev–Trinajstić information content (AvgIpc) is 2.37. The first kappa shape index (κ1) is 16.6. The predicted octanol–water partition coefficient (Wildman–Crippen LogP) is 2.54. The van der Waals surface area contributed by atoms with Gasteiger partial charge in [-0.2, -0.15) is 0 Å². The number of hydrogen-bond acceptors (Lipinski definition) is 4. The number of rotatable bonds is 2. The summed E-state index contributed by atoms with van der Waals surface area (Å²) in [7, 11) is 0. The molecule has 3 unspecified atom stereocenters. The van der Waals surface area contributed by atoms with E-state index in [9.17, 15) is 4.79 Å². The van der Waals surface area contributed by atoms with Gasteiger partial charge in [-0.25, -0.2) is 4.79 Å². The second-order valence-corrected chi connectivity index (χ2v) is 7.33. The summed E-state index contributed by atoms with van der Waals surface area (Å²) >= 11 is 0. The van der Waals surface area contributed by atoms with Crippen molar-refractivity contribution < 1.29 is 14.3 Å². The third-order valence-electron chi connectivity index (χ3n) is 4.03. The molecule has 21 heavy (non-hydrogen) atoms. The number of piperidine rings is 1. The zero-order chi connectivity index (χ0) is 15.5. The highest BCUT2D eigenvalue weighted by atomic mass is 16.6. The fraction of sp³-hybridized carbons (Fsp3) is 0.938. The van der Waals surface area contributed by atoms with Crippen molar-refractivity contribution in [3.63, 3.8) is 0 Å². The predicted molar refractivity (Wildman–Crippen MR) is 82.4 cm³/mol. The van der Waals surface area contributed by atoms with Gasteiger partial charge < -0.3 is 19.7 Å². The number of amides is 1. The minimum Gasteiger partial charge on any atom is -0.444 e. The highest BCUT2D eigenvalue weighted by Gasteiger charge is 2.29. The fourth-order valence-corrected chi connectivity index (χ4v) is 3.09. The Morgan fingerprint density at radius 1 is 1.29 bits per heavy atom. The molecule has 0 aliphatic carbocycles. The van der Waals surface area contributed by atoms with E-state index < -0.39 is 5.60 Å². The lowest BCUT2D eigenvalue weighted by Gasteiger charge is -2.37. The molecule has 5 heteroatoms. The molecular formula is C16H30N2O3. The van der Waals surface area contributed by atoms with E-state index in [1.807, 2.05) is 25.7 Å². The van der Waals surface area contributed by atoms with Crippen LogP contribution in [0.3, 0.4) is 0 Å². The molecule has 1 amide bonds. The Morgan fingerprint density at radius 3 is 2.71 bits per heavy atom. The lowest BCUT2D eigenvalue weighted by atomic mass is 10.00. The zero-order valence-electron chi connectivity index (χ0n) is 13.9. The molecule has 0 saturated carbocycles. The van der Waals surface area contributed by atoms with Crippen LogP contribution >= 0.6 is 0 Å². The van der Waals surface area contributed by atoms with Crippen LogP contribution in [0.1, 0.15) is 53.4 Å². The molecule has 2 saturated heterocycles. The summed E-state index contributed by atoms with van der Waals surface area (Å²) in [5.41, 5.74) is -0.423. The molecule has 122 valence electrons. The van der Waals surface area contributed by atoms with Crippen LogP contribution in [-0.4, -0.2) is 54.5 Å².